The molecule has 0 aliphatic carbocycles. The first-order valence-electron chi connectivity index (χ1n) is 6.04. The molecule has 0 bridgehead atoms. The van der Waals surface area contributed by atoms with E-state index in [1.807, 2.05) is 0 Å². The minimum Gasteiger partial charge on any atom is -0.481 e. The van der Waals surface area contributed by atoms with E-state index in [0.29, 0.717) is 6.54 Å². The van der Waals surface area contributed by atoms with Gasteiger partial charge < -0.3 is 20.0 Å². The Kier molecular flexibility index (Phi) is 6.11. The molecule has 0 spiro atoms. The van der Waals surface area contributed by atoms with E-state index in [4.69, 9.17) is 5.11 Å². The third kappa shape index (κ3) is 5.86. The highest BCUT2D eigenvalue weighted by atomic mass is 16.4. The van der Waals surface area contributed by atoms with Crippen LogP contribution in [-0.2, 0) is 4.79 Å². The van der Waals surface area contributed by atoms with E-state index in [1.165, 1.54) is 9.80 Å². The molecule has 1 unspecified atom stereocenters. The fourth-order valence-electron chi connectivity index (χ4n) is 1.87. The smallest absolute Gasteiger partial charge is 0.320 e. The second-order valence-corrected chi connectivity index (χ2v) is 5.18. The average molecular weight is 260 g/mol. The van der Waals surface area contributed by atoms with Gasteiger partial charge in [0.25, 0.3) is 0 Å². The monoisotopic (exact) mass is 260 g/mol. The summed E-state index contributed by atoms with van der Waals surface area (Å²) in [6.07, 6.45) is -0.0874. The number of amides is 2. The van der Waals surface area contributed by atoms with E-state index >= 15 is 0 Å². The standard InChI is InChI=1S/C12H24N2O4/c1-6-14(9(2)7-10(15)16)11(17)13(5)8-12(3,4)18/h9,18H,6-8H2,1-5H3,(H,15,16). The van der Waals surface area contributed by atoms with Crippen LogP contribution in [0.5, 0.6) is 0 Å². The molecule has 2 amide bonds. The Morgan fingerprint density at radius 3 is 2.17 bits per heavy atom. The number of hydrogen-bond acceptors (Lipinski definition) is 3. The molecule has 106 valence electrons. The van der Waals surface area contributed by atoms with Crippen molar-refractivity contribution in [3.8, 4) is 0 Å². The van der Waals surface area contributed by atoms with Gasteiger partial charge in [0, 0.05) is 19.6 Å². The molecule has 0 aliphatic rings. The highest BCUT2D eigenvalue weighted by Crippen LogP contribution is 2.10. The first-order valence-corrected chi connectivity index (χ1v) is 6.04. The molecule has 0 aromatic heterocycles. The minimum absolute atomic E-state index is 0.0874. The maximum atomic E-state index is 12.1. The molecule has 0 saturated carbocycles. The fourth-order valence-corrected chi connectivity index (χ4v) is 1.87. The van der Waals surface area contributed by atoms with Crippen LogP contribution in [0.2, 0.25) is 0 Å². The van der Waals surface area contributed by atoms with Crippen LogP contribution in [0, 0.1) is 0 Å². The number of likely N-dealkylation sites (N-methyl/N-ethyl adjacent to an activating group) is 1. The van der Waals surface area contributed by atoms with Crippen LogP contribution in [-0.4, -0.2) is 63.8 Å². The first kappa shape index (κ1) is 16.7. The van der Waals surface area contributed by atoms with E-state index in [1.54, 1.807) is 34.7 Å². The second-order valence-electron chi connectivity index (χ2n) is 5.18. The van der Waals surface area contributed by atoms with E-state index in [-0.39, 0.29) is 25.0 Å². The van der Waals surface area contributed by atoms with Gasteiger partial charge in [-0.3, -0.25) is 4.79 Å². The van der Waals surface area contributed by atoms with E-state index in [9.17, 15) is 14.7 Å². The summed E-state index contributed by atoms with van der Waals surface area (Å²) >= 11 is 0. The molecular weight excluding hydrogens is 236 g/mol. The number of aliphatic hydroxyl groups is 1. The van der Waals surface area contributed by atoms with Crippen molar-refractivity contribution in [2.45, 2.75) is 45.8 Å². The summed E-state index contributed by atoms with van der Waals surface area (Å²) in [5, 5.41) is 18.4. The largest absolute Gasteiger partial charge is 0.481 e. The molecule has 6 heteroatoms. The van der Waals surface area contributed by atoms with Crippen molar-refractivity contribution in [1.82, 2.24) is 9.80 Å². The number of carboxylic acid groups (broad SMARTS) is 1. The summed E-state index contributed by atoms with van der Waals surface area (Å²) in [7, 11) is 1.59. The van der Waals surface area contributed by atoms with Crippen molar-refractivity contribution in [2.24, 2.45) is 0 Å². The number of carbonyl (C=O) groups excluding carboxylic acids is 1. The normalized spacial score (nSPS) is 13.0. The third-order valence-electron chi connectivity index (χ3n) is 2.54. The maximum absolute atomic E-state index is 12.1. The van der Waals surface area contributed by atoms with Crippen LogP contribution in [0.25, 0.3) is 0 Å². The van der Waals surface area contributed by atoms with Gasteiger partial charge >= 0.3 is 12.0 Å². The molecule has 1 atom stereocenters. The van der Waals surface area contributed by atoms with Crippen LogP contribution in [0.15, 0.2) is 0 Å². The summed E-state index contributed by atoms with van der Waals surface area (Å²) < 4.78 is 0. The highest BCUT2D eigenvalue weighted by molar-refractivity contribution is 5.76. The van der Waals surface area contributed by atoms with Gasteiger partial charge in [-0.1, -0.05) is 0 Å². The average Bonchev–Trinajstić information content (AvgIpc) is 2.14. The van der Waals surface area contributed by atoms with Gasteiger partial charge in [0.2, 0.25) is 0 Å². The van der Waals surface area contributed by atoms with Crippen molar-refractivity contribution in [2.75, 3.05) is 20.1 Å². The molecule has 0 aromatic rings. The van der Waals surface area contributed by atoms with Crippen LogP contribution < -0.4 is 0 Å². The van der Waals surface area contributed by atoms with Gasteiger partial charge in [-0.2, -0.15) is 0 Å². The predicted octanol–water partition coefficient (Wildman–Crippen LogP) is 0.994. The molecule has 0 radical (unpaired) electrons. The molecule has 0 aliphatic heterocycles. The van der Waals surface area contributed by atoms with E-state index in [2.05, 4.69) is 0 Å². The lowest BCUT2D eigenvalue weighted by Crippen LogP contribution is -2.49. The Labute approximate surface area is 108 Å². The van der Waals surface area contributed by atoms with Crippen molar-refractivity contribution in [3.05, 3.63) is 0 Å². The Balaban J connectivity index is 4.65. The van der Waals surface area contributed by atoms with Crippen molar-refractivity contribution in [1.29, 1.82) is 0 Å². The number of carbonyl (C=O) groups is 2. The number of nitrogens with zero attached hydrogens (tertiary/aromatic N) is 2. The van der Waals surface area contributed by atoms with Crippen LogP contribution >= 0.6 is 0 Å². The van der Waals surface area contributed by atoms with Gasteiger partial charge in [0.15, 0.2) is 0 Å². The molecular formula is C12H24N2O4. The molecule has 6 nitrogen and oxygen atoms in total. The predicted molar refractivity (Wildman–Crippen MR) is 68.4 cm³/mol. The Bertz CT molecular complexity index is 299. The number of carboxylic acids is 1. The maximum Gasteiger partial charge on any atom is 0.320 e. The second kappa shape index (κ2) is 6.58. The minimum atomic E-state index is -0.972. The molecule has 0 aromatic carbocycles. The lowest BCUT2D eigenvalue weighted by molar-refractivity contribution is -0.138. The van der Waals surface area contributed by atoms with Crippen molar-refractivity contribution < 1.29 is 19.8 Å². The lowest BCUT2D eigenvalue weighted by Gasteiger charge is -2.33. The first-order chi connectivity index (χ1) is 8.08. The summed E-state index contributed by atoms with van der Waals surface area (Å²) in [6, 6.07) is -0.641. The van der Waals surface area contributed by atoms with Gasteiger partial charge in [-0.05, 0) is 27.7 Å². The Morgan fingerprint density at radius 1 is 1.33 bits per heavy atom. The van der Waals surface area contributed by atoms with E-state index in [0.717, 1.165) is 0 Å². The quantitative estimate of drug-likeness (QED) is 0.746. The Hall–Kier alpha value is -1.30. The van der Waals surface area contributed by atoms with Gasteiger partial charge in [-0.15, -0.1) is 0 Å². The molecule has 2 N–H and O–H groups in total. The number of hydrogen-bond donors (Lipinski definition) is 2. The van der Waals surface area contributed by atoms with Gasteiger partial charge in [-0.25, -0.2) is 4.79 Å². The zero-order valence-corrected chi connectivity index (χ0v) is 11.8. The molecule has 0 saturated heterocycles. The zero-order chi connectivity index (χ0) is 14.5. The van der Waals surface area contributed by atoms with Gasteiger partial charge in [0.1, 0.15) is 0 Å². The highest BCUT2D eigenvalue weighted by Gasteiger charge is 2.26. The lowest BCUT2D eigenvalue weighted by atomic mass is 10.1. The summed E-state index contributed by atoms with van der Waals surface area (Å²) in [4.78, 5) is 25.7. The topological polar surface area (TPSA) is 81.1 Å². The van der Waals surface area contributed by atoms with Crippen LogP contribution in [0.4, 0.5) is 4.79 Å². The van der Waals surface area contributed by atoms with Crippen LogP contribution in [0.1, 0.15) is 34.1 Å². The summed E-state index contributed by atoms with van der Waals surface area (Å²) in [6.45, 7) is 7.37. The van der Waals surface area contributed by atoms with E-state index < -0.39 is 11.6 Å². The number of urea groups is 1. The summed E-state index contributed by atoms with van der Waals surface area (Å²) in [5.74, 6) is -0.932. The van der Waals surface area contributed by atoms with Crippen molar-refractivity contribution in [3.63, 3.8) is 0 Å². The molecule has 0 fully saturated rings. The number of aliphatic carboxylic acids is 1. The number of rotatable bonds is 6. The Morgan fingerprint density at radius 2 is 1.83 bits per heavy atom. The fraction of sp³-hybridized carbons (Fsp3) is 0.833. The molecule has 0 rings (SSSR count). The molecule has 18 heavy (non-hydrogen) atoms. The van der Waals surface area contributed by atoms with Crippen LogP contribution in [0.3, 0.4) is 0 Å². The molecule has 0 heterocycles. The SMILES string of the molecule is CCN(C(=O)N(C)CC(C)(C)O)C(C)CC(=O)O. The van der Waals surface area contributed by atoms with Gasteiger partial charge in [0.05, 0.1) is 18.6 Å². The third-order valence-corrected chi connectivity index (χ3v) is 2.54. The summed E-state index contributed by atoms with van der Waals surface area (Å²) in [5.41, 5.74) is -0.972. The zero-order valence-electron chi connectivity index (χ0n) is 11.8. The van der Waals surface area contributed by atoms with Crippen molar-refractivity contribution >= 4 is 12.0 Å².